The van der Waals surface area contributed by atoms with Crippen molar-refractivity contribution in [2.24, 2.45) is 17.2 Å². The third-order valence-corrected chi connectivity index (χ3v) is 25.6. The predicted molar refractivity (Wildman–Crippen MR) is 494 cm³/mol. The highest BCUT2D eigenvalue weighted by molar-refractivity contribution is 5.79. The Morgan fingerprint density at radius 2 is 0.524 bits per heavy atom. The van der Waals surface area contributed by atoms with Crippen molar-refractivity contribution >= 4 is 119 Å². The molecule has 5 aliphatic heterocycles. The van der Waals surface area contributed by atoms with Crippen molar-refractivity contribution in [3.63, 3.8) is 0 Å². The first-order valence-corrected chi connectivity index (χ1v) is 46.2. The van der Waals surface area contributed by atoms with Crippen LogP contribution in [0.15, 0.2) is 0 Å². The van der Waals surface area contributed by atoms with E-state index in [-0.39, 0.29) is 169 Å². The number of rotatable bonds is 57. The zero-order chi connectivity index (χ0) is 109. The van der Waals surface area contributed by atoms with Gasteiger partial charge in [-0.25, -0.2) is 0 Å². The molecular weight excluding hydrogens is 1910 g/mol. The third kappa shape index (κ3) is 46.5. The zero-order valence-electron chi connectivity index (χ0n) is 81.1. The van der Waals surface area contributed by atoms with Crippen LogP contribution in [0.25, 0.3) is 0 Å². The van der Waals surface area contributed by atoms with Gasteiger partial charge >= 0.3 is 119 Å². The van der Waals surface area contributed by atoms with Crippen LogP contribution in [-0.2, 0) is 95.9 Å². The van der Waals surface area contributed by atoms with E-state index in [0.29, 0.717) is 90.9 Å². The van der Waals surface area contributed by atoms with Gasteiger partial charge in [0.25, 0.3) is 0 Å². The summed E-state index contributed by atoms with van der Waals surface area (Å²) in [7, 11) is 0. The van der Waals surface area contributed by atoms with Crippen molar-refractivity contribution in [3.8, 4) is 0 Å². The highest BCUT2D eigenvalue weighted by Gasteiger charge is 2.52. The number of likely N-dealkylation sites (N-methyl/N-ethyl adjacent to an activating group) is 2. The molecule has 143 heavy (non-hydrogen) atoms. The normalized spacial score (nSPS) is 22.5. The van der Waals surface area contributed by atoms with E-state index in [2.05, 4.69) is 4.90 Å². The fourth-order valence-corrected chi connectivity index (χ4v) is 19.7. The van der Waals surface area contributed by atoms with Gasteiger partial charge in [-0.05, 0) is 97.9 Å². The second-order valence-electron chi connectivity index (χ2n) is 36.9. The molecule has 0 aromatic heterocycles. The number of unbranched alkanes of at least 4 members (excludes halogenated alkanes) is 1. The average molecular weight is 2060 g/mol. The molecule has 0 radical (unpaired) electrons. The largest absolute Gasteiger partial charge is 0.481 e. The van der Waals surface area contributed by atoms with Crippen LogP contribution in [0.4, 0.5) is 0 Å². The Morgan fingerprint density at radius 1 is 0.273 bits per heavy atom. The Kier molecular flexibility index (Phi) is 55.7. The molecule has 0 spiro atoms. The molecule has 4 unspecified atom stereocenters. The lowest BCUT2D eigenvalue weighted by Crippen LogP contribution is -2.63. The van der Waals surface area contributed by atoms with Crippen molar-refractivity contribution in [2.75, 3.05) is 255 Å². The van der Waals surface area contributed by atoms with E-state index in [0.717, 1.165) is 17.7 Å². The van der Waals surface area contributed by atoms with Gasteiger partial charge in [0.05, 0.1) is 105 Å². The summed E-state index contributed by atoms with van der Waals surface area (Å²) in [6.45, 7) is 5.77. The fraction of sp³-hybridized carbons (Fsp3) is 0.765. The second-order valence-corrected chi connectivity index (χ2v) is 36.9. The van der Waals surface area contributed by atoms with Gasteiger partial charge in [-0.2, -0.15) is 0 Å². The van der Waals surface area contributed by atoms with E-state index in [4.69, 9.17) is 42.7 Å². The molecule has 26 N–H and O–H groups in total. The van der Waals surface area contributed by atoms with Crippen LogP contribution in [0, 0.1) is 0 Å². The van der Waals surface area contributed by atoms with Crippen LogP contribution in [0.1, 0.15) is 111 Å². The molecule has 8 atom stereocenters. The number of nitrogens with zero attached hydrogens (tertiary/aromatic N) is 15. The first-order chi connectivity index (χ1) is 66.7. The van der Waals surface area contributed by atoms with Gasteiger partial charge < -0.3 is 129 Å². The van der Waals surface area contributed by atoms with E-state index in [1.807, 2.05) is 18.7 Å². The quantitative estimate of drug-likeness (QED) is 0.0252. The first kappa shape index (κ1) is 128. The van der Waals surface area contributed by atoms with Gasteiger partial charge in [0.2, 0.25) is 0 Å². The number of carboxylic acids is 20. The highest BCUT2D eigenvalue weighted by Crippen LogP contribution is 2.37. The monoisotopic (exact) mass is 2060 g/mol. The summed E-state index contributed by atoms with van der Waals surface area (Å²) in [6, 6.07) is -2.51. The maximum atomic E-state index is 11.9. The molecule has 1 saturated carbocycles. The van der Waals surface area contributed by atoms with Crippen molar-refractivity contribution in [1.82, 2.24) is 73.5 Å². The van der Waals surface area contributed by atoms with E-state index in [9.17, 15) is 172 Å². The van der Waals surface area contributed by atoms with Crippen molar-refractivity contribution < 1.29 is 198 Å². The van der Waals surface area contributed by atoms with Crippen molar-refractivity contribution in [3.05, 3.63) is 0 Å². The van der Waals surface area contributed by atoms with E-state index in [1.165, 1.54) is 29.4 Å². The van der Waals surface area contributed by atoms with Gasteiger partial charge in [0.1, 0.15) is 12.1 Å². The molecule has 0 aromatic rings. The number of hydrogen-bond acceptors (Lipinski definition) is 38. The summed E-state index contributed by atoms with van der Waals surface area (Å²) in [5.41, 5.74) is 11.7. The lowest BCUT2D eigenvalue weighted by Gasteiger charge is -2.45. The molecule has 816 valence electrons. The molecular formula is C85H146N18O40. The van der Waals surface area contributed by atoms with Crippen LogP contribution < -0.4 is 17.2 Å². The topological polar surface area (TPSA) is 873 Å². The molecule has 6 rings (SSSR count). The molecule has 0 bridgehead atoms. The number of hydrogen-bond donors (Lipinski definition) is 23. The molecule has 5 heterocycles. The average Bonchev–Trinajstić information content (AvgIpc) is 1.61. The van der Waals surface area contributed by atoms with Gasteiger partial charge in [-0.15, -0.1) is 0 Å². The lowest BCUT2D eigenvalue weighted by atomic mass is 9.88. The molecule has 5 saturated heterocycles. The minimum atomic E-state index is -1.29. The van der Waals surface area contributed by atoms with Gasteiger partial charge in [-0.3, -0.25) is 160 Å². The van der Waals surface area contributed by atoms with E-state index in [1.54, 1.807) is 43.2 Å². The van der Waals surface area contributed by atoms with E-state index >= 15 is 0 Å². The van der Waals surface area contributed by atoms with Crippen molar-refractivity contribution in [2.45, 2.75) is 163 Å². The standard InChI is InChI=1S/C19H32N4O8.C18H32N4O8.C17H27N3O10.C16H27N3O8.C15H28N4O6/c20-6-5-19(23(9-17(28)29)10-18(30)31)11-21(7-15(24)25)13-3-1-2-4-14(13)22(12-19)8-16(26)27;1-18(22(9-15(25)26)10-16(27)28)11-20(8-14(23)24)6-7-21(12-18)13(17(29)30)4-2-3-5-19;1-17(20(7-14(25)26)8-15(27)28)9-18(6-13(23)24)4-5-19(10-17)11(16(29)30)2-3-12(21)22;1-2-17-5-6-18(7-13(22)23)11-16(10-17,4-3-12(20)21)19(8-14(24)25)9-15(26)27;1-2-17-5-6-18(7-12(20)21)11-15(10-17,3-4-16)19(8-13(22)23)9-14(24)25/h13-14H,1-12,20H2,(H,24,25)(H,26,27)(H,28,29)(H,30,31);13H,2-12,19H2,1H3,(H,23,24)(H,25,26)(H,27,28)(H,29,30);11H,2-10H2,1H3,(H,21,22)(H,23,24)(H,25,26)(H,27,28)(H,29,30);2-11H2,1H3,(H,20,21)(H,22,23)(H,24,25)(H,26,27);2-11,16H2,1H3,(H,20,21)(H,22,23)(H,24,25)/t13-,14-;13-,18?;11-,17?;;/m011../s1. The number of fused-ring (bicyclic) bond motifs is 1. The predicted octanol–water partition coefficient (Wildman–Crippen LogP) is -7.57. The number of carbonyl (C=O) groups is 20. The van der Waals surface area contributed by atoms with Gasteiger partial charge in [0.15, 0.2) is 0 Å². The van der Waals surface area contributed by atoms with Crippen LogP contribution in [0.3, 0.4) is 0 Å². The number of aliphatic carboxylic acids is 20. The number of carboxylic acid groups (broad SMARTS) is 20. The Hall–Kier alpha value is -11.3. The minimum Gasteiger partial charge on any atom is -0.481 e. The lowest BCUT2D eigenvalue weighted by molar-refractivity contribution is -0.149. The third-order valence-electron chi connectivity index (χ3n) is 25.6. The summed E-state index contributed by atoms with van der Waals surface area (Å²) >= 11 is 0. The molecule has 6 fully saturated rings. The zero-order valence-corrected chi connectivity index (χ0v) is 81.1. The van der Waals surface area contributed by atoms with Crippen LogP contribution >= 0.6 is 0 Å². The van der Waals surface area contributed by atoms with Crippen LogP contribution in [-0.4, -0.2) is 602 Å². The van der Waals surface area contributed by atoms with Crippen LogP contribution in [0.2, 0.25) is 0 Å². The smallest absolute Gasteiger partial charge is 0.320 e. The summed E-state index contributed by atoms with van der Waals surface area (Å²) in [5, 5.41) is 186. The highest BCUT2D eigenvalue weighted by atomic mass is 16.4. The number of nitrogens with two attached hydrogens (primary N) is 3. The Labute approximate surface area is 823 Å². The Morgan fingerprint density at radius 3 is 0.783 bits per heavy atom. The SMILES string of the molecule is CC1(N(CC(=O)O)CC(=O)O)CN(CC(=O)O)CCN([C@H](CCC(=O)O)C(=O)O)C1.CC1(N(CC(=O)O)CC(=O)O)CN(CC(=O)O)CCN([C@H](CCCCN)C(=O)O)C1.CCN1CCN(CC(=O)O)CC(CCC(=O)O)(N(CC(=O)O)CC(=O)O)C1.CCN1CCN(CC(=O)O)CC(CCN)(N(CC(=O)O)CC(=O)O)C1.NCCC1(N(CC(=O)O)CC(=O)O)CN(CC(=O)O)[C@H]2CCCC[C@@H]2N(CC(=O)O)C1. The molecule has 0 aromatic carbocycles. The maximum Gasteiger partial charge on any atom is 0.320 e. The molecule has 58 nitrogen and oxygen atoms in total. The molecule has 0 amide bonds. The summed E-state index contributed by atoms with van der Waals surface area (Å²) < 4.78 is 0. The fourth-order valence-electron chi connectivity index (χ4n) is 19.7. The summed E-state index contributed by atoms with van der Waals surface area (Å²) in [5.74, 6) is -23.2. The van der Waals surface area contributed by atoms with E-state index < -0.39 is 238 Å². The first-order valence-electron chi connectivity index (χ1n) is 46.2. The summed E-state index contributed by atoms with van der Waals surface area (Å²) in [6.07, 6.45) is 4.37. The Balaban J connectivity index is 0.000000605. The van der Waals surface area contributed by atoms with Crippen molar-refractivity contribution in [1.29, 1.82) is 0 Å². The molecule has 1 aliphatic carbocycles. The van der Waals surface area contributed by atoms with Crippen LogP contribution in [0.5, 0.6) is 0 Å². The minimum absolute atomic E-state index is 0.00944. The maximum absolute atomic E-state index is 11.9. The Bertz CT molecular complexity index is 4150. The van der Waals surface area contributed by atoms with Gasteiger partial charge in [-0.1, -0.05) is 33.1 Å². The summed E-state index contributed by atoms with van der Waals surface area (Å²) in [4.78, 5) is 251. The van der Waals surface area contributed by atoms with Gasteiger partial charge in [0, 0.05) is 170 Å². The molecule has 6 aliphatic rings. The second kappa shape index (κ2) is 62.4. The molecule has 58 heteroatoms.